The third kappa shape index (κ3) is 5.31. The van der Waals surface area contributed by atoms with E-state index in [0.29, 0.717) is 16.5 Å². The Kier molecular flexibility index (Phi) is 6.82. The van der Waals surface area contributed by atoms with Crippen molar-refractivity contribution in [3.63, 3.8) is 0 Å². The van der Waals surface area contributed by atoms with Crippen LogP contribution in [0.4, 0.5) is 10.5 Å². The molecule has 0 radical (unpaired) electrons. The lowest BCUT2D eigenvalue weighted by Gasteiger charge is -2.10. The van der Waals surface area contributed by atoms with Crippen LogP contribution in [0.5, 0.6) is 11.6 Å². The number of aromatic nitrogens is 1. The van der Waals surface area contributed by atoms with E-state index in [0.717, 1.165) is 0 Å². The molecule has 0 atom stereocenters. The summed E-state index contributed by atoms with van der Waals surface area (Å²) in [5.74, 6) is -0.159. The monoisotopic (exact) mass is 469 g/mol. The van der Waals surface area contributed by atoms with Gasteiger partial charge in [0, 0.05) is 6.07 Å². The lowest BCUT2D eigenvalue weighted by atomic mass is 10.2. The minimum absolute atomic E-state index is 0.00579. The van der Waals surface area contributed by atoms with Crippen molar-refractivity contribution in [2.24, 2.45) is 0 Å². The van der Waals surface area contributed by atoms with Gasteiger partial charge in [0.2, 0.25) is 5.88 Å². The van der Waals surface area contributed by atoms with Gasteiger partial charge >= 0.3 is 6.03 Å². The molecule has 6 nitrogen and oxygen atoms in total. The van der Waals surface area contributed by atoms with Gasteiger partial charge in [0.25, 0.3) is 5.91 Å². The number of nitrogens with zero attached hydrogens (tertiary/aromatic N) is 1. The van der Waals surface area contributed by atoms with Crippen LogP contribution >= 0.6 is 46.4 Å². The first-order chi connectivity index (χ1) is 13.8. The highest BCUT2D eigenvalue weighted by Gasteiger charge is 2.17. The van der Waals surface area contributed by atoms with Crippen molar-refractivity contribution in [1.29, 1.82) is 0 Å². The molecule has 0 spiro atoms. The molecule has 10 heteroatoms. The van der Waals surface area contributed by atoms with Crippen molar-refractivity contribution in [3.05, 3.63) is 80.4 Å². The van der Waals surface area contributed by atoms with Gasteiger partial charge in [0.1, 0.15) is 10.8 Å². The minimum atomic E-state index is -0.778. The fourth-order valence-corrected chi connectivity index (χ4v) is 3.13. The molecule has 3 rings (SSSR count). The second kappa shape index (κ2) is 9.33. The zero-order chi connectivity index (χ0) is 21.0. The van der Waals surface area contributed by atoms with Gasteiger partial charge in [0.15, 0.2) is 0 Å². The van der Waals surface area contributed by atoms with E-state index in [1.807, 2.05) is 0 Å². The van der Waals surface area contributed by atoms with Gasteiger partial charge in [-0.15, -0.1) is 0 Å². The fourth-order valence-electron chi connectivity index (χ4n) is 2.23. The van der Waals surface area contributed by atoms with Crippen LogP contribution in [0, 0.1) is 0 Å². The summed E-state index contributed by atoms with van der Waals surface area (Å²) < 4.78 is 5.56. The number of ether oxygens (including phenoxy) is 1. The minimum Gasteiger partial charge on any atom is -0.437 e. The Bertz CT molecular complexity index is 1050. The molecule has 3 amide bonds. The van der Waals surface area contributed by atoms with Crippen LogP contribution in [0.15, 0.2) is 54.7 Å². The number of hydrogen-bond donors (Lipinski definition) is 2. The van der Waals surface area contributed by atoms with E-state index in [1.165, 1.54) is 30.5 Å². The predicted molar refractivity (Wildman–Crippen MR) is 114 cm³/mol. The van der Waals surface area contributed by atoms with E-state index >= 15 is 0 Å². The molecule has 0 bridgehead atoms. The highest BCUT2D eigenvalue weighted by molar-refractivity contribution is 6.43. The standard InChI is InChI=1S/C19H11Cl4N3O3/c20-11-3-1-4-12(21)16(11)18(27)26-19(28)25-10-7-8-15(24-9-10)29-14-6-2-5-13(22)17(14)23/h1-9H,(H2,25,26,27,28). The van der Waals surface area contributed by atoms with E-state index in [9.17, 15) is 9.59 Å². The number of amides is 3. The highest BCUT2D eigenvalue weighted by Crippen LogP contribution is 2.34. The molecule has 1 heterocycles. The summed E-state index contributed by atoms with van der Waals surface area (Å²) >= 11 is 23.9. The number of halogens is 4. The van der Waals surface area contributed by atoms with Crippen LogP contribution < -0.4 is 15.4 Å². The predicted octanol–water partition coefficient (Wildman–Crippen LogP) is 6.45. The van der Waals surface area contributed by atoms with Gasteiger partial charge in [-0.3, -0.25) is 10.1 Å². The van der Waals surface area contributed by atoms with Crippen LogP contribution in [0.3, 0.4) is 0 Å². The molecule has 29 heavy (non-hydrogen) atoms. The fraction of sp³-hybridized carbons (Fsp3) is 0. The number of imide groups is 1. The van der Waals surface area contributed by atoms with Crippen LogP contribution in [-0.2, 0) is 0 Å². The number of anilines is 1. The summed E-state index contributed by atoms with van der Waals surface area (Å²) in [6.45, 7) is 0. The number of rotatable bonds is 4. The molecule has 0 aliphatic heterocycles. The Labute approximate surface area is 185 Å². The average molecular weight is 471 g/mol. The van der Waals surface area contributed by atoms with Gasteiger partial charge in [-0.2, -0.15) is 0 Å². The first-order valence-electron chi connectivity index (χ1n) is 7.99. The Morgan fingerprint density at radius 1 is 0.862 bits per heavy atom. The molecule has 2 N–H and O–H groups in total. The van der Waals surface area contributed by atoms with E-state index in [-0.39, 0.29) is 26.5 Å². The molecule has 0 saturated carbocycles. The van der Waals surface area contributed by atoms with Gasteiger partial charge in [-0.25, -0.2) is 9.78 Å². The molecule has 1 aromatic heterocycles. The van der Waals surface area contributed by atoms with Crippen LogP contribution in [-0.4, -0.2) is 16.9 Å². The lowest BCUT2D eigenvalue weighted by molar-refractivity contribution is 0.0967. The Hall–Kier alpha value is -2.51. The van der Waals surface area contributed by atoms with Gasteiger partial charge in [-0.1, -0.05) is 58.5 Å². The third-order valence-corrected chi connectivity index (χ3v) is 4.97. The van der Waals surface area contributed by atoms with Gasteiger partial charge in [0.05, 0.1) is 32.5 Å². The number of nitrogens with one attached hydrogen (secondary N) is 2. The van der Waals surface area contributed by atoms with Crippen molar-refractivity contribution < 1.29 is 14.3 Å². The maximum atomic E-state index is 12.2. The van der Waals surface area contributed by atoms with E-state index in [4.69, 9.17) is 51.1 Å². The second-order valence-corrected chi connectivity index (χ2v) is 7.14. The van der Waals surface area contributed by atoms with Crippen molar-refractivity contribution in [1.82, 2.24) is 10.3 Å². The van der Waals surface area contributed by atoms with Crippen LogP contribution in [0.25, 0.3) is 0 Å². The molecule has 0 aliphatic rings. The quantitative estimate of drug-likeness (QED) is 0.459. The SMILES string of the molecule is O=C(NC(=O)c1c(Cl)cccc1Cl)Nc1ccc(Oc2cccc(Cl)c2Cl)nc1. The zero-order valence-corrected chi connectivity index (χ0v) is 17.4. The van der Waals surface area contributed by atoms with Crippen molar-refractivity contribution in [2.45, 2.75) is 0 Å². The van der Waals surface area contributed by atoms with Crippen molar-refractivity contribution in [2.75, 3.05) is 5.32 Å². The summed E-state index contributed by atoms with van der Waals surface area (Å²) in [7, 11) is 0. The first kappa shape index (κ1) is 21.2. The third-order valence-electron chi connectivity index (χ3n) is 3.54. The van der Waals surface area contributed by atoms with E-state index < -0.39 is 11.9 Å². The average Bonchev–Trinajstić information content (AvgIpc) is 2.67. The topological polar surface area (TPSA) is 80.3 Å². The van der Waals surface area contributed by atoms with Crippen LogP contribution in [0.1, 0.15) is 10.4 Å². The normalized spacial score (nSPS) is 10.3. The summed E-state index contributed by atoms with van der Waals surface area (Å²) in [6.07, 6.45) is 1.35. The molecule has 148 valence electrons. The van der Waals surface area contributed by atoms with Crippen molar-refractivity contribution in [3.8, 4) is 11.6 Å². The lowest BCUT2D eigenvalue weighted by Crippen LogP contribution is -2.34. The summed E-state index contributed by atoms with van der Waals surface area (Å²) in [4.78, 5) is 28.3. The summed E-state index contributed by atoms with van der Waals surface area (Å²) in [6, 6.07) is 11.8. The molecular weight excluding hydrogens is 460 g/mol. The Balaban J connectivity index is 1.63. The van der Waals surface area contributed by atoms with Gasteiger partial charge in [-0.05, 0) is 30.3 Å². The van der Waals surface area contributed by atoms with Crippen molar-refractivity contribution >= 4 is 64.0 Å². The number of benzene rings is 2. The number of carbonyl (C=O) groups excluding carboxylic acids is 2. The number of hydrogen-bond acceptors (Lipinski definition) is 4. The molecule has 0 aliphatic carbocycles. The maximum Gasteiger partial charge on any atom is 0.326 e. The number of carbonyl (C=O) groups is 2. The first-order valence-corrected chi connectivity index (χ1v) is 9.50. The van der Waals surface area contributed by atoms with E-state index in [1.54, 1.807) is 24.3 Å². The highest BCUT2D eigenvalue weighted by atomic mass is 35.5. The number of pyridine rings is 1. The van der Waals surface area contributed by atoms with Crippen LogP contribution in [0.2, 0.25) is 20.1 Å². The zero-order valence-electron chi connectivity index (χ0n) is 14.4. The molecule has 2 aromatic carbocycles. The summed E-state index contributed by atoms with van der Waals surface area (Å²) in [5, 5.41) is 5.48. The van der Waals surface area contributed by atoms with E-state index in [2.05, 4.69) is 15.6 Å². The summed E-state index contributed by atoms with van der Waals surface area (Å²) in [5.41, 5.74) is 0.330. The Morgan fingerprint density at radius 3 is 2.17 bits per heavy atom. The second-order valence-electron chi connectivity index (χ2n) is 5.54. The molecule has 3 aromatic rings. The maximum absolute atomic E-state index is 12.2. The molecular formula is C19H11Cl4N3O3. The van der Waals surface area contributed by atoms with Gasteiger partial charge < -0.3 is 10.1 Å². The largest absolute Gasteiger partial charge is 0.437 e. The molecule has 0 fully saturated rings. The Morgan fingerprint density at radius 2 is 1.52 bits per heavy atom. The molecule has 0 unspecified atom stereocenters. The smallest absolute Gasteiger partial charge is 0.326 e. The molecule has 0 saturated heterocycles. The number of urea groups is 1.